The Morgan fingerprint density at radius 3 is 2.53 bits per heavy atom. The van der Waals surface area contributed by atoms with Gasteiger partial charge in [-0.25, -0.2) is 9.78 Å². The third kappa shape index (κ3) is 3.80. The normalized spacial score (nSPS) is 14.7. The van der Waals surface area contributed by atoms with Gasteiger partial charge in [-0.1, -0.05) is 27.7 Å². The van der Waals surface area contributed by atoms with Gasteiger partial charge in [0.2, 0.25) is 0 Å². The minimum absolute atomic E-state index is 0.117. The minimum atomic E-state index is -0.374. The van der Waals surface area contributed by atoms with Crippen LogP contribution in [0.15, 0.2) is 12.5 Å². The van der Waals surface area contributed by atoms with Crippen LogP contribution in [0.3, 0.4) is 0 Å². The fourth-order valence-electron chi connectivity index (χ4n) is 2.29. The first-order valence-electron chi connectivity index (χ1n) is 6.73. The topological polar surface area (TPSA) is 70.1 Å². The highest BCUT2D eigenvalue weighted by Gasteiger charge is 2.28. The summed E-state index contributed by atoms with van der Waals surface area (Å²) in [5.74, 6) is 0.353. The standard InChI is InChI=1S/C14H25N3O2/c1-9(2)6-11(15)12-7-16-8-17(12)13(10(3)4)14(18)19-5/h7-11,13H,6,15H2,1-5H3. The van der Waals surface area contributed by atoms with E-state index in [1.165, 1.54) is 7.11 Å². The maximum atomic E-state index is 11.9. The van der Waals surface area contributed by atoms with Crippen LogP contribution in [0.5, 0.6) is 0 Å². The van der Waals surface area contributed by atoms with E-state index in [1.54, 1.807) is 12.5 Å². The van der Waals surface area contributed by atoms with Crippen LogP contribution in [0, 0.1) is 11.8 Å². The molecule has 0 bridgehead atoms. The molecular weight excluding hydrogens is 242 g/mol. The van der Waals surface area contributed by atoms with E-state index in [9.17, 15) is 4.79 Å². The molecular formula is C14H25N3O2. The van der Waals surface area contributed by atoms with Crippen molar-refractivity contribution < 1.29 is 9.53 Å². The number of nitrogens with two attached hydrogens (primary N) is 1. The average molecular weight is 267 g/mol. The van der Waals surface area contributed by atoms with E-state index >= 15 is 0 Å². The van der Waals surface area contributed by atoms with Gasteiger partial charge in [0.25, 0.3) is 0 Å². The predicted molar refractivity (Wildman–Crippen MR) is 74.5 cm³/mol. The van der Waals surface area contributed by atoms with Crippen molar-refractivity contribution in [3.8, 4) is 0 Å². The van der Waals surface area contributed by atoms with Crippen molar-refractivity contribution in [2.24, 2.45) is 17.6 Å². The summed E-state index contributed by atoms with van der Waals surface area (Å²) < 4.78 is 6.74. The average Bonchev–Trinajstić information content (AvgIpc) is 2.76. The number of carbonyl (C=O) groups excluding carboxylic acids is 1. The molecule has 19 heavy (non-hydrogen) atoms. The highest BCUT2D eigenvalue weighted by Crippen LogP contribution is 2.26. The van der Waals surface area contributed by atoms with Crippen LogP contribution in [0.2, 0.25) is 0 Å². The number of methoxy groups -OCH3 is 1. The quantitative estimate of drug-likeness (QED) is 0.803. The molecule has 0 aromatic carbocycles. The third-order valence-corrected chi connectivity index (χ3v) is 3.18. The van der Waals surface area contributed by atoms with E-state index in [2.05, 4.69) is 18.8 Å². The summed E-state index contributed by atoms with van der Waals surface area (Å²) in [5.41, 5.74) is 7.09. The lowest BCUT2D eigenvalue weighted by atomic mass is 10.00. The molecule has 2 atom stereocenters. The van der Waals surface area contributed by atoms with Gasteiger partial charge < -0.3 is 15.0 Å². The lowest BCUT2D eigenvalue weighted by Gasteiger charge is -2.24. The SMILES string of the molecule is COC(=O)C(C(C)C)n1cncc1C(N)CC(C)C. The number of hydrogen-bond donors (Lipinski definition) is 1. The Kier molecular flexibility index (Phi) is 5.54. The summed E-state index contributed by atoms with van der Waals surface area (Å²) in [6, 6.07) is -0.492. The molecule has 0 aliphatic rings. The van der Waals surface area contributed by atoms with Gasteiger partial charge >= 0.3 is 5.97 Å². The zero-order valence-corrected chi connectivity index (χ0v) is 12.5. The molecule has 0 radical (unpaired) electrons. The van der Waals surface area contributed by atoms with E-state index in [-0.39, 0.29) is 24.0 Å². The summed E-state index contributed by atoms with van der Waals surface area (Å²) in [6.07, 6.45) is 4.26. The molecule has 2 N–H and O–H groups in total. The summed E-state index contributed by atoms with van der Waals surface area (Å²) in [5, 5.41) is 0. The molecule has 1 aromatic rings. The molecule has 0 aliphatic carbocycles. The monoisotopic (exact) mass is 267 g/mol. The van der Waals surface area contributed by atoms with Crippen molar-refractivity contribution in [1.82, 2.24) is 9.55 Å². The smallest absolute Gasteiger partial charge is 0.329 e. The third-order valence-electron chi connectivity index (χ3n) is 3.18. The Labute approximate surface area is 115 Å². The van der Waals surface area contributed by atoms with E-state index < -0.39 is 0 Å². The number of esters is 1. The first-order chi connectivity index (χ1) is 8.88. The Hall–Kier alpha value is -1.36. The lowest BCUT2D eigenvalue weighted by molar-refractivity contribution is -0.146. The number of carbonyl (C=O) groups is 1. The molecule has 5 heteroatoms. The van der Waals surface area contributed by atoms with Gasteiger partial charge in [0, 0.05) is 12.2 Å². The summed E-state index contributed by atoms with van der Waals surface area (Å²) in [6.45, 7) is 8.22. The van der Waals surface area contributed by atoms with Gasteiger partial charge in [0.05, 0.1) is 19.1 Å². The maximum Gasteiger partial charge on any atom is 0.329 e. The number of rotatable bonds is 6. The highest BCUT2D eigenvalue weighted by atomic mass is 16.5. The zero-order valence-electron chi connectivity index (χ0n) is 12.5. The molecule has 0 aliphatic heterocycles. The molecule has 1 aromatic heterocycles. The van der Waals surface area contributed by atoms with Crippen molar-refractivity contribution in [2.45, 2.75) is 46.2 Å². The maximum absolute atomic E-state index is 11.9. The zero-order chi connectivity index (χ0) is 14.6. The van der Waals surface area contributed by atoms with Crippen LogP contribution in [-0.4, -0.2) is 22.6 Å². The second-order valence-electron chi connectivity index (χ2n) is 5.67. The fourth-order valence-corrected chi connectivity index (χ4v) is 2.29. The molecule has 2 unspecified atom stereocenters. The molecule has 0 saturated carbocycles. The molecule has 1 heterocycles. The number of nitrogens with zero attached hydrogens (tertiary/aromatic N) is 2. The number of imidazole rings is 1. The highest BCUT2D eigenvalue weighted by molar-refractivity contribution is 5.74. The lowest BCUT2D eigenvalue weighted by Crippen LogP contribution is -2.29. The van der Waals surface area contributed by atoms with Crippen molar-refractivity contribution in [2.75, 3.05) is 7.11 Å². The van der Waals surface area contributed by atoms with Gasteiger partial charge in [-0.05, 0) is 18.3 Å². The Balaban J connectivity index is 3.06. The Morgan fingerprint density at radius 2 is 2.05 bits per heavy atom. The summed E-state index contributed by atoms with van der Waals surface area (Å²) >= 11 is 0. The number of ether oxygens (including phenoxy) is 1. The van der Waals surface area contributed by atoms with Gasteiger partial charge in [-0.2, -0.15) is 0 Å². The number of aromatic nitrogens is 2. The largest absolute Gasteiger partial charge is 0.467 e. The van der Waals surface area contributed by atoms with Crippen LogP contribution in [-0.2, 0) is 9.53 Å². The van der Waals surface area contributed by atoms with E-state index in [1.807, 2.05) is 18.4 Å². The Morgan fingerprint density at radius 1 is 1.42 bits per heavy atom. The van der Waals surface area contributed by atoms with Crippen molar-refractivity contribution >= 4 is 5.97 Å². The van der Waals surface area contributed by atoms with E-state index in [4.69, 9.17) is 10.5 Å². The first kappa shape index (κ1) is 15.7. The van der Waals surface area contributed by atoms with Crippen molar-refractivity contribution in [3.05, 3.63) is 18.2 Å². The van der Waals surface area contributed by atoms with E-state index in [0.717, 1.165) is 12.1 Å². The van der Waals surface area contributed by atoms with E-state index in [0.29, 0.717) is 5.92 Å². The van der Waals surface area contributed by atoms with Crippen LogP contribution in [0.1, 0.15) is 51.9 Å². The van der Waals surface area contributed by atoms with Crippen LogP contribution in [0.4, 0.5) is 0 Å². The number of hydrogen-bond acceptors (Lipinski definition) is 4. The molecule has 1 rings (SSSR count). The molecule has 0 spiro atoms. The molecule has 0 amide bonds. The van der Waals surface area contributed by atoms with Crippen LogP contribution in [0.25, 0.3) is 0 Å². The second-order valence-corrected chi connectivity index (χ2v) is 5.67. The molecule has 108 valence electrons. The summed E-state index contributed by atoms with van der Waals surface area (Å²) in [7, 11) is 1.41. The van der Waals surface area contributed by atoms with Crippen molar-refractivity contribution in [3.63, 3.8) is 0 Å². The molecule has 0 fully saturated rings. The van der Waals surface area contributed by atoms with Gasteiger partial charge in [-0.3, -0.25) is 0 Å². The predicted octanol–water partition coefficient (Wildman–Crippen LogP) is 2.30. The fraction of sp³-hybridized carbons (Fsp3) is 0.714. The van der Waals surface area contributed by atoms with Gasteiger partial charge in [0.1, 0.15) is 6.04 Å². The Bertz CT molecular complexity index is 413. The van der Waals surface area contributed by atoms with Crippen molar-refractivity contribution in [1.29, 1.82) is 0 Å². The first-order valence-corrected chi connectivity index (χ1v) is 6.73. The minimum Gasteiger partial charge on any atom is -0.467 e. The summed E-state index contributed by atoms with van der Waals surface area (Å²) in [4.78, 5) is 16.1. The van der Waals surface area contributed by atoms with Crippen LogP contribution >= 0.6 is 0 Å². The van der Waals surface area contributed by atoms with Crippen LogP contribution < -0.4 is 5.73 Å². The van der Waals surface area contributed by atoms with Gasteiger partial charge in [0.15, 0.2) is 0 Å². The van der Waals surface area contributed by atoms with Gasteiger partial charge in [-0.15, -0.1) is 0 Å². The molecule has 0 saturated heterocycles. The second kappa shape index (κ2) is 6.70. The molecule has 5 nitrogen and oxygen atoms in total.